The molecule has 1 fully saturated rings. The van der Waals surface area contributed by atoms with Gasteiger partial charge in [0.2, 0.25) is 11.8 Å². The maximum atomic E-state index is 14.4. The minimum atomic E-state index is -2.69. The van der Waals surface area contributed by atoms with Gasteiger partial charge < -0.3 is 19.9 Å². The van der Waals surface area contributed by atoms with Crippen molar-refractivity contribution in [2.24, 2.45) is 5.73 Å². The summed E-state index contributed by atoms with van der Waals surface area (Å²) in [6.07, 6.45) is -1.37. The predicted octanol–water partition coefficient (Wildman–Crippen LogP) is 4.53. The largest absolute Gasteiger partial charge is 0.497 e. The summed E-state index contributed by atoms with van der Waals surface area (Å²) < 4.78 is 45.6. The number of alkyl halides is 2. The number of carbonyl (C=O) groups excluding carboxylic acids is 2. The van der Waals surface area contributed by atoms with Gasteiger partial charge in [0.05, 0.1) is 13.7 Å². The minimum absolute atomic E-state index is 0.0336. The Morgan fingerprint density at radius 1 is 1.16 bits per heavy atom. The number of rotatable bonds is 6. The third-order valence-corrected chi connectivity index (χ3v) is 6.10. The lowest BCUT2D eigenvalue weighted by Gasteiger charge is -2.20. The molecule has 11 heteroatoms. The summed E-state index contributed by atoms with van der Waals surface area (Å²) >= 11 is 5.56. The summed E-state index contributed by atoms with van der Waals surface area (Å²) in [5.74, 6) is -1.34. The van der Waals surface area contributed by atoms with Gasteiger partial charge in [-0.15, -0.1) is 0 Å². The second-order valence-electron chi connectivity index (χ2n) is 8.36. The van der Waals surface area contributed by atoms with Crippen molar-refractivity contribution in [1.82, 2.24) is 4.57 Å². The van der Waals surface area contributed by atoms with Crippen molar-refractivity contribution in [2.75, 3.05) is 18.6 Å². The summed E-state index contributed by atoms with van der Waals surface area (Å²) in [6.45, 7) is 1.000. The van der Waals surface area contributed by atoms with Gasteiger partial charge in [-0.3, -0.25) is 14.4 Å². The number of hydrogen-bond acceptors (Lipinski definition) is 4. The summed E-state index contributed by atoms with van der Waals surface area (Å²) in [4.78, 5) is 36.9. The molecule has 1 aliphatic rings. The van der Waals surface area contributed by atoms with E-state index < -0.39 is 36.2 Å². The van der Waals surface area contributed by atoms with Gasteiger partial charge >= 0.3 is 0 Å². The van der Waals surface area contributed by atoms with Crippen molar-refractivity contribution in [1.29, 1.82) is 0 Å². The number of nitrogens with two attached hydrogens (primary N) is 1. The highest BCUT2D eigenvalue weighted by Crippen LogP contribution is 2.34. The van der Waals surface area contributed by atoms with E-state index in [-0.39, 0.29) is 24.6 Å². The Hall–Kier alpha value is -3.79. The SMILES string of the molecule is COc1ccc(C2CC(=O)N(c3c(C)ccn(CC(F)F)c3=O)C2)c(F)c1.NC(=O)c1ccc(Cl)cc1. The number of pyridine rings is 1. The first kappa shape index (κ1) is 27.8. The number of nitrogens with zero attached hydrogens (tertiary/aromatic N) is 2. The lowest BCUT2D eigenvalue weighted by molar-refractivity contribution is -0.117. The third-order valence-electron chi connectivity index (χ3n) is 5.85. The zero-order valence-electron chi connectivity index (χ0n) is 20.1. The zero-order valence-corrected chi connectivity index (χ0v) is 20.8. The molecule has 1 aromatic heterocycles. The van der Waals surface area contributed by atoms with E-state index in [0.717, 1.165) is 4.57 Å². The van der Waals surface area contributed by atoms with Crippen LogP contribution in [0.15, 0.2) is 59.5 Å². The van der Waals surface area contributed by atoms with E-state index >= 15 is 0 Å². The number of ether oxygens (including phenoxy) is 1. The molecule has 3 aromatic rings. The molecule has 7 nitrogen and oxygen atoms in total. The van der Waals surface area contributed by atoms with Crippen molar-refractivity contribution in [3.8, 4) is 5.75 Å². The van der Waals surface area contributed by atoms with E-state index in [4.69, 9.17) is 22.1 Å². The van der Waals surface area contributed by atoms with Crippen LogP contribution in [-0.4, -0.2) is 36.5 Å². The molecule has 196 valence electrons. The monoisotopic (exact) mass is 535 g/mol. The Morgan fingerprint density at radius 3 is 2.41 bits per heavy atom. The molecule has 0 radical (unpaired) electrons. The fourth-order valence-corrected chi connectivity index (χ4v) is 4.11. The Morgan fingerprint density at radius 2 is 1.84 bits per heavy atom. The highest BCUT2D eigenvalue weighted by molar-refractivity contribution is 6.30. The van der Waals surface area contributed by atoms with E-state index in [9.17, 15) is 27.6 Å². The number of aromatic nitrogens is 1. The van der Waals surface area contributed by atoms with Crippen molar-refractivity contribution in [3.05, 3.63) is 92.6 Å². The topological polar surface area (TPSA) is 94.6 Å². The summed E-state index contributed by atoms with van der Waals surface area (Å²) in [7, 11) is 1.43. The van der Waals surface area contributed by atoms with Gasteiger partial charge in [-0.25, -0.2) is 13.2 Å². The molecule has 37 heavy (non-hydrogen) atoms. The first-order valence-electron chi connectivity index (χ1n) is 11.2. The quantitative estimate of drug-likeness (QED) is 0.502. The van der Waals surface area contributed by atoms with Crippen LogP contribution in [0.5, 0.6) is 5.75 Å². The normalized spacial score (nSPS) is 14.9. The van der Waals surface area contributed by atoms with Crippen LogP contribution in [-0.2, 0) is 11.3 Å². The number of amides is 2. The molecule has 2 amide bonds. The number of hydrogen-bond donors (Lipinski definition) is 1. The first-order chi connectivity index (χ1) is 17.5. The van der Waals surface area contributed by atoms with Crippen LogP contribution in [0.3, 0.4) is 0 Å². The number of benzene rings is 2. The van der Waals surface area contributed by atoms with Crippen LogP contribution in [0.25, 0.3) is 0 Å². The van der Waals surface area contributed by atoms with Gasteiger partial charge in [0.25, 0.3) is 12.0 Å². The number of halogens is 4. The molecule has 1 saturated heterocycles. The Kier molecular flexibility index (Phi) is 8.99. The Balaban J connectivity index is 0.000000319. The molecule has 0 aliphatic carbocycles. The summed E-state index contributed by atoms with van der Waals surface area (Å²) in [5.41, 5.74) is 5.74. The van der Waals surface area contributed by atoms with Crippen molar-refractivity contribution in [2.45, 2.75) is 32.2 Å². The maximum absolute atomic E-state index is 14.4. The molecular weight excluding hydrogens is 511 g/mol. The third kappa shape index (κ3) is 6.71. The van der Waals surface area contributed by atoms with E-state index in [1.807, 2.05) is 0 Å². The van der Waals surface area contributed by atoms with Gasteiger partial charge in [0, 0.05) is 41.7 Å². The predicted molar refractivity (Wildman–Crippen MR) is 134 cm³/mol. The molecule has 0 spiro atoms. The number of aryl methyl sites for hydroxylation is 1. The van der Waals surface area contributed by atoms with Gasteiger partial charge in [0.1, 0.15) is 17.3 Å². The standard InChI is InChI=1S/C19H19F3N2O3.C7H6ClNO/c1-11-5-6-23(10-16(21)22)19(26)18(11)24-9-12(7-17(24)25)14-4-3-13(27-2)8-15(14)20;8-6-3-1-5(2-4-6)7(9)10/h3-6,8,12,16H,7,9-10H2,1-2H3;1-4H,(H2,9,10). The fourth-order valence-electron chi connectivity index (χ4n) is 3.99. The van der Waals surface area contributed by atoms with E-state index in [0.29, 0.717) is 27.5 Å². The molecule has 4 rings (SSSR count). The fraction of sp³-hybridized carbons (Fsp3) is 0.269. The van der Waals surface area contributed by atoms with Crippen molar-refractivity contribution in [3.63, 3.8) is 0 Å². The number of methoxy groups -OCH3 is 1. The first-order valence-corrected chi connectivity index (χ1v) is 11.6. The van der Waals surface area contributed by atoms with Gasteiger partial charge in [-0.2, -0.15) is 0 Å². The lowest BCUT2D eigenvalue weighted by atomic mass is 9.97. The molecule has 2 N–H and O–H groups in total. The Labute approximate surface area is 216 Å². The number of primary amides is 1. The van der Waals surface area contributed by atoms with Crippen LogP contribution in [0, 0.1) is 12.7 Å². The molecule has 0 saturated carbocycles. The van der Waals surface area contributed by atoms with Crippen LogP contribution in [0.1, 0.15) is 33.8 Å². The smallest absolute Gasteiger partial charge is 0.274 e. The second-order valence-corrected chi connectivity index (χ2v) is 8.80. The number of anilines is 1. The van der Waals surface area contributed by atoms with Crippen LogP contribution >= 0.6 is 11.6 Å². The van der Waals surface area contributed by atoms with Gasteiger partial charge in [-0.05, 0) is 54.4 Å². The minimum Gasteiger partial charge on any atom is -0.497 e. The highest BCUT2D eigenvalue weighted by Gasteiger charge is 2.35. The molecule has 1 aliphatic heterocycles. The molecule has 0 bridgehead atoms. The average molecular weight is 536 g/mol. The van der Waals surface area contributed by atoms with Crippen LogP contribution in [0.4, 0.5) is 18.9 Å². The maximum Gasteiger partial charge on any atom is 0.274 e. The second kappa shape index (κ2) is 12.0. The van der Waals surface area contributed by atoms with Crippen LogP contribution < -0.4 is 20.9 Å². The van der Waals surface area contributed by atoms with Crippen LogP contribution in [0.2, 0.25) is 5.02 Å². The summed E-state index contributed by atoms with van der Waals surface area (Å²) in [5, 5.41) is 0.602. The van der Waals surface area contributed by atoms with Gasteiger partial charge in [0.15, 0.2) is 0 Å². The van der Waals surface area contributed by atoms with E-state index in [1.165, 1.54) is 30.3 Å². The molecule has 1 atom stereocenters. The van der Waals surface area contributed by atoms with E-state index in [1.54, 1.807) is 43.3 Å². The Bertz CT molecular complexity index is 1350. The zero-order chi connectivity index (χ0) is 27.3. The summed E-state index contributed by atoms with van der Waals surface area (Å²) in [6, 6.07) is 12.4. The molecule has 2 aromatic carbocycles. The average Bonchev–Trinajstić information content (AvgIpc) is 3.22. The van der Waals surface area contributed by atoms with Gasteiger partial charge in [-0.1, -0.05) is 17.7 Å². The molecule has 2 heterocycles. The lowest BCUT2D eigenvalue weighted by Crippen LogP contribution is -2.35. The highest BCUT2D eigenvalue weighted by atomic mass is 35.5. The van der Waals surface area contributed by atoms with E-state index in [2.05, 4.69) is 0 Å². The number of carbonyl (C=O) groups is 2. The molecular formula is C26H25ClF3N3O4. The van der Waals surface area contributed by atoms with Crippen molar-refractivity contribution < 1.29 is 27.5 Å². The van der Waals surface area contributed by atoms with Crippen molar-refractivity contribution >= 4 is 29.1 Å². The molecule has 1 unspecified atom stereocenters.